The molecule has 0 saturated heterocycles. The number of H-pyrrole nitrogens is 2. The molecule has 0 spiro atoms. The van der Waals surface area contributed by atoms with Crippen LogP contribution in [0.1, 0.15) is 18.4 Å². The molecule has 0 unspecified atom stereocenters. The highest BCUT2D eigenvalue weighted by Crippen LogP contribution is 2.30. The van der Waals surface area contributed by atoms with E-state index in [-0.39, 0.29) is 12.1 Å². The molecule has 0 aliphatic heterocycles. The third-order valence-corrected chi connectivity index (χ3v) is 5.58. The fourth-order valence-electron chi connectivity index (χ4n) is 3.85. The molecule has 0 saturated carbocycles. The van der Waals surface area contributed by atoms with Gasteiger partial charge >= 0.3 is 12.1 Å². The molecule has 9 nitrogen and oxygen atoms in total. The molecule has 2 aromatic heterocycles. The van der Waals surface area contributed by atoms with E-state index in [2.05, 4.69) is 35.5 Å². The van der Waals surface area contributed by atoms with Crippen molar-refractivity contribution < 1.29 is 31.4 Å². The quantitative estimate of drug-likeness (QED) is 0.143. The molecule has 0 bridgehead atoms. The van der Waals surface area contributed by atoms with Crippen LogP contribution in [0.15, 0.2) is 47.5 Å². The maximum atomic E-state index is 13.8. The van der Waals surface area contributed by atoms with Crippen molar-refractivity contribution in [1.29, 1.82) is 0 Å². The van der Waals surface area contributed by atoms with Gasteiger partial charge in [0.15, 0.2) is 11.6 Å². The lowest BCUT2D eigenvalue weighted by molar-refractivity contribution is -0.276. The van der Waals surface area contributed by atoms with Crippen molar-refractivity contribution in [2.75, 3.05) is 31.6 Å². The van der Waals surface area contributed by atoms with Crippen LogP contribution in [0.4, 0.5) is 27.6 Å². The summed E-state index contributed by atoms with van der Waals surface area (Å²) in [5.74, 6) is -4.30. The minimum Gasteiger partial charge on any atom is -0.399 e. The van der Waals surface area contributed by atoms with Gasteiger partial charge in [-0.3, -0.25) is 5.10 Å². The van der Waals surface area contributed by atoms with Crippen molar-refractivity contribution in [3.8, 4) is 17.0 Å². The van der Waals surface area contributed by atoms with Crippen molar-refractivity contribution >= 4 is 16.6 Å². The number of benzene rings is 2. The first-order chi connectivity index (χ1) is 18.7. The number of aromatic amines is 2. The molecule has 4 rings (SSSR count). The van der Waals surface area contributed by atoms with Gasteiger partial charge in [-0.05, 0) is 55.3 Å². The summed E-state index contributed by atoms with van der Waals surface area (Å²) in [7, 11) is 0. The molecular formula is C25H25F5N6O3. The monoisotopic (exact) mass is 552 g/mol. The standard InChI is InChI=1S/C25H25F5N6O3/c26-18-9-15(10-19(27)23(18)39-25(28,29)30)13-31-4-1-2-7-38-8-6-32-21-11-16(12-22-17(21)14-34-36-22)20-3-5-33-24(37)35-20/h3,5,9-12,14,31-32H,1-2,4,6-8,13H2,(H,34,36)(H,33,35,37). The number of alkyl halides is 3. The first-order valence-electron chi connectivity index (χ1n) is 12.0. The molecule has 0 atom stereocenters. The summed E-state index contributed by atoms with van der Waals surface area (Å²) >= 11 is 0. The van der Waals surface area contributed by atoms with Gasteiger partial charge in [0, 0.05) is 42.5 Å². The van der Waals surface area contributed by atoms with Crippen molar-refractivity contribution in [1.82, 2.24) is 25.5 Å². The Morgan fingerprint density at radius 3 is 2.54 bits per heavy atom. The van der Waals surface area contributed by atoms with E-state index in [1.54, 1.807) is 12.3 Å². The van der Waals surface area contributed by atoms with Gasteiger partial charge < -0.3 is 25.1 Å². The number of hydrogen-bond donors (Lipinski definition) is 4. The summed E-state index contributed by atoms with van der Waals surface area (Å²) in [4.78, 5) is 18.1. The predicted molar refractivity (Wildman–Crippen MR) is 133 cm³/mol. The maximum Gasteiger partial charge on any atom is 0.573 e. The number of nitrogens with zero attached hydrogens (tertiary/aromatic N) is 2. The first-order valence-corrected chi connectivity index (χ1v) is 12.0. The van der Waals surface area contributed by atoms with Gasteiger partial charge in [0.05, 0.1) is 24.0 Å². The third kappa shape index (κ3) is 7.97. The summed E-state index contributed by atoms with van der Waals surface area (Å²) in [6, 6.07) is 7.07. The van der Waals surface area contributed by atoms with Gasteiger partial charge in [-0.25, -0.2) is 13.6 Å². The number of anilines is 1. The zero-order valence-corrected chi connectivity index (χ0v) is 20.5. The molecule has 2 aromatic carbocycles. The van der Waals surface area contributed by atoms with Crippen LogP contribution in [0.2, 0.25) is 0 Å². The van der Waals surface area contributed by atoms with Gasteiger partial charge in [-0.2, -0.15) is 10.1 Å². The highest BCUT2D eigenvalue weighted by atomic mass is 19.4. The number of nitrogens with one attached hydrogen (secondary N) is 4. The number of fused-ring (bicyclic) bond motifs is 1. The van der Waals surface area contributed by atoms with Crippen LogP contribution in [0.25, 0.3) is 22.2 Å². The predicted octanol–water partition coefficient (Wildman–Crippen LogP) is 4.49. The number of rotatable bonds is 13. The lowest BCUT2D eigenvalue weighted by Crippen LogP contribution is -2.20. The third-order valence-electron chi connectivity index (χ3n) is 5.58. The lowest BCUT2D eigenvalue weighted by atomic mass is 10.1. The van der Waals surface area contributed by atoms with E-state index in [4.69, 9.17) is 4.74 Å². The van der Waals surface area contributed by atoms with Gasteiger partial charge in [0.2, 0.25) is 5.75 Å². The van der Waals surface area contributed by atoms with Crippen LogP contribution in [-0.4, -0.2) is 52.8 Å². The zero-order chi connectivity index (χ0) is 27.8. The Hall–Kier alpha value is -4.04. The number of hydrogen-bond acceptors (Lipinski definition) is 7. The lowest BCUT2D eigenvalue weighted by Gasteiger charge is -2.12. The van der Waals surface area contributed by atoms with E-state index in [1.807, 2.05) is 12.1 Å². The van der Waals surface area contributed by atoms with Crippen LogP contribution in [0, 0.1) is 11.6 Å². The number of aromatic nitrogens is 4. The van der Waals surface area contributed by atoms with Gasteiger partial charge in [-0.15, -0.1) is 13.2 Å². The highest BCUT2D eigenvalue weighted by Gasteiger charge is 2.34. The fourth-order valence-corrected chi connectivity index (χ4v) is 3.85. The summed E-state index contributed by atoms with van der Waals surface area (Å²) < 4.78 is 73.2. The fraction of sp³-hybridized carbons (Fsp3) is 0.320. The Morgan fingerprint density at radius 2 is 1.79 bits per heavy atom. The Morgan fingerprint density at radius 1 is 1.00 bits per heavy atom. The van der Waals surface area contributed by atoms with Crippen LogP contribution >= 0.6 is 0 Å². The van der Waals surface area contributed by atoms with Crippen LogP contribution in [0.3, 0.4) is 0 Å². The average Bonchev–Trinajstić information content (AvgIpc) is 3.36. The number of halogens is 5. The van der Waals surface area contributed by atoms with Gasteiger partial charge in [0.1, 0.15) is 0 Å². The molecule has 0 fully saturated rings. The minimum absolute atomic E-state index is 0.0827. The minimum atomic E-state index is -5.18. The Kier molecular flexibility index (Phi) is 9.09. The van der Waals surface area contributed by atoms with Crippen molar-refractivity contribution in [3.63, 3.8) is 0 Å². The molecule has 0 aliphatic rings. The SMILES string of the molecule is O=c1nc(-c2cc(NCCOCCCCNCc3cc(F)c(OC(F)(F)F)c(F)c3)c3cn[nH]c3c2)cc[nH]1. The first kappa shape index (κ1) is 28.0. The van der Waals surface area contributed by atoms with Gasteiger partial charge in [0.25, 0.3) is 0 Å². The van der Waals surface area contributed by atoms with Crippen molar-refractivity contribution in [2.45, 2.75) is 25.7 Å². The topological polar surface area (TPSA) is 117 Å². The molecule has 0 aliphatic carbocycles. The molecule has 14 heteroatoms. The molecule has 4 aromatic rings. The molecule has 0 amide bonds. The van der Waals surface area contributed by atoms with E-state index in [1.165, 1.54) is 6.20 Å². The smallest absolute Gasteiger partial charge is 0.399 e. The van der Waals surface area contributed by atoms with E-state index >= 15 is 0 Å². The Balaban J connectivity index is 1.15. The normalized spacial score (nSPS) is 11.7. The van der Waals surface area contributed by atoms with Crippen LogP contribution in [-0.2, 0) is 11.3 Å². The number of unbranched alkanes of at least 4 members (excludes halogenated alkanes) is 1. The molecule has 0 radical (unpaired) electrons. The maximum absolute atomic E-state index is 13.8. The second-order valence-electron chi connectivity index (χ2n) is 8.49. The van der Waals surface area contributed by atoms with Crippen LogP contribution in [0.5, 0.6) is 5.75 Å². The summed E-state index contributed by atoms with van der Waals surface area (Å²) in [6.45, 7) is 2.06. The van der Waals surface area contributed by atoms with Crippen molar-refractivity contribution in [3.05, 3.63) is 70.4 Å². The number of ether oxygens (including phenoxy) is 2. The van der Waals surface area contributed by atoms with Gasteiger partial charge in [-0.1, -0.05) is 0 Å². The summed E-state index contributed by atoms with van der Waals surface area (Å²) in [5, 5.41) is 14.2. The molecule has 39 heavy (non-hydrogen) atoms. The Bertz CT molecular complexity index is 1430. The van der Waals surface area contributed by atoms with E-state index in [9.17, 15) is 26.7 Å². The molecule has 4 N–H and O–H groups in total. The average molecular weight is 553 g/mol. The van der Waals surface area contributed by atoms with E-state index in [0.717, 1.165) is 40.7 Å². The highest BCUT2D eigenvalue weighted by molar-refractivity contribution is 5.94. The molecule has 2 heterocycles. The summed E-state index contributed by atoms with van der Waals surface area (Å²) in [5.41, 5.74) is 2.62. The van der Waals surface area contributed by atoms with E-state index in [0.29, 0.717) is 38.4 Å². The molecular weight excluding hydrogens is 527 g/mol. The largest absolute Gasteiger partial charge is 0.573 e. The Labute approximate surface area is 218 Å². The van der Waals surface area contributed by atoms with Crippen molar-refractivity contribution in [2.24, 2.45) is 0 Å². The molecule has 208 valence electrons. The second-order valence-corrected chi connectivity index (χ2v) is 8.49. The zero-order valence-electron chi connectivity index (χ0n) is 20.5. The second kappa shape index (κ2) is 12.7. The summed E-state index contributed by atoms with van der Waals surface area (Å²) in [6.07, 6.45) is -0.502. The van der Waals surface area contributed by atoms with Crippen LogP contribution < -0.4 is 21.1 Å². The van der Waals surface area contributed by atoms with E-state index < -0.39 is 29.4 Å².